The SMILES string of the molecule is COc1ccc(/C=C(\C)C(=O)N2CCN(c3cccc(C)c3C)CC2)cc1OC. The van der Waals surface area contributed by atoms with Crippen molar-refractivity contribution in [2.75, 3.05) is 45.3 Å². The molecule has 0 saturated carbocycles. The third-order valence-corrected chi connectivity index (χ3v) is 5.61. The maximum atomic E-state index is 12.9. The van der Waals surface area contributed by atoms with Crippen molar-refractivity contribution >= 4 is 17.7 Å². The van der Waals surface area contributed by atoms with Gasteiger partial charge in [0.1, 0.15) is 0 Å². The zero-order valence-corrected chi connectivity index (χ0v) is 18.0. The molecule has 0 spiro atoms. The predicted octanol–water partition coefficient (Wildman–Crippen LogP) is 4.07. The van der Waals surface area contributed by atoms with Crippen LogP contribution < -0.4 is 14.4 Å². The van der Waals surface area contributed by atoms with E-state index in [2.05, 4.69) is 36.9 Å². The molecule has 1 amide bonds. The number of hydrogen-bond acceptors (Lipinski definition) is 4. The molecule has 2 aromatic carbocycles. The normalized spacial score (nSPS) is 14.7. The number of nitrogens with zero attached hydrogens (tertiary/aromatic N) is 2. The molecule has 5 nitrogen and oxygen atoms in total. The van der Waals surface area contributed by atoms with Crippen molar-refractivity contribution in [2.24, 2.45) is 0 Å². The van der Waals surface area contributed by atoms with E-state index in [1.165, 1.54) is 16.8 Å². The molecule has 1 aliphatic rings. The van der Waals surface area contributed by atoms with Gasteiger partial charge in [0, 0.05) is 37.4 Å². The van der Waals surface area contributed by atoms with Crippen molar-refractivity contribution < 1.29 is 14.3 Å². The lowest BCUT2D eigenvalue weighted by molar-refractivity contribution is -0.127. The van der Waals surface area contributed by atoms with Crippen molar-refractivity contribution in [3.63, 3.8) is 0 Å². The average molecular weight is 395 g/mol. The van der Waals surface area contributed by atoms with Crippen LogP contribution in [0.4, 0.5) is 5.69 Å². The Kier molecular flexibility index (Phi) is 6.47. The summed E-state index contributed by atoms with van der Waals surface area (Å²) in [5.74, 6) is 1.42. The fourth-order valence-electron chi connectivity index (χ4n) is 3.73. The minimum absolute atomic E-state index is 0.0837. The zero-order valence-electron chi connectivity index (χ0n) is 18.0. The topological polar surface area (TPSA) is 42.0 Å². The average Bonchev–Trinajstić information content (AvgIpc) is 2.75. The minimum atomic E-state index is 0.0837. The Morgan fingerprint density at radius 1 is 0.966 bits per heavy atom. The highest BCUT2D eigenvalue weighted by atomic mass is 16.5. The second-order valence-electron chi connectivity index (χ2n) is 7.44. The van der Waals surface area contributed by atoms with Gasteiger partial charge >= 0.3 is 0 Å². The van der Waals surface area contributed by atoms with E-state index >= 15 is 0 Å². The lowest BCUT2D eigenvalue weighted by Gasteiger charge is -2.37. The number of aryl methyl sites for hydroxylation is 1. The van der Waals surface area contributed by atoms with E-state index in [0.717, 1.165) is 37.3 Å². The Bertz CT molecular complexity index is 912. The Morgan fingerprint density at radius 2 is 1.66 bits per heavy atom. The van der Waals surface area contributed by atoms with Gasteiger partial charge in [0.05, 0.1) is 14.2 Å². The first-order valence-electron chi connectivity index (χ1n) is 9.95. The summed E-state index contributed by atoms with van der Waals surface area (Å²) in [6, 6.07) is 12.1. The zero-order chi connectivity index (χ0) is 21.0. The Morgan fingerprint density at radius 3 is 2.31 bits per heavy atom. The largest absolute Gasteiger partial charge is 0.493 e. The van der Waals surface area contributed by atoms with E-state index in [4.69, 9.17) is 9.47 Å². The van der Waals surface area contributed by atoms with E-state index in [-0.39, 0.29) is 5.91 Å². The van der Waals surface area contributed by atoms with Crippen molar-refractivity contribution in [1.82, 2.24) is 4.90 Å². The molecule has 0 aromatic heterocycles. The first-order valence-corrected chi connectivity index (χ1v) is 9.95. The molecule has 3 rings (SSSR count). The van der Waals surface area contributed by atoms with Gasteiger partial charge in [-0.25, -0.2) is 0 Å². The summed E-state index contributed by atoms with van der Waals surface area (Å²) in [6.45, 7) is 9.32. The lowest BCUT2D eigenvalue weighted by atomic mass is 10.1. The van der Waals surface area contributed by atoms with Gasteiger partial charge in [-0.2, -0.15) is 0 Å². The summed E-state index contributed by atoms with van der Waals surface area (Å²) in [5.41, 5.74) is 5.53. The lowest BCUT2D eigenvalue weighted by Crippen LogP contribution is -2.49. The van der Waals surface area contributed by atoms with Gasteiger partial charge in [-0.1, -0.05) is 18.2 Å². The monoisotopic (exact) mass is 394 g/mol. The van der Waals surface area contributed by atoms with Gasteiger partial charge < -0.3 is 19.3 Å². The van der Waals surface area contributed by atoms with Crippen LogP contribution in [0.15, 0.2) is 42.0 Å². The van der Waals surface area contributed by atoms with E-state index in [1.807, 2.05) is 36.1 Å². The molecule has 1 heterocycles. The van der Waals surface area contributed by atoms with Crippen molar-refractivity contribution in [2.45, 2.75) is 20.8 Å². The molecule has 2 aromatic rings. The highest BCUT2D eigenvalue weighted by molar-refractivity contribution is 5.97. The van der Waals surface area contributed by atoms with Gasteiger partial charge in [-0.15, -0.1) is 0 Å². The first-order chi connectivity index (χ1) is 13.9. The van der Waals surface area contributed by atoms with Crippen LogP contribution in [-0.4, -0.2) is 51.2 Å². The molecule has 1 aliphatic heterocycles. The smallest absolute Gasteiger partial charge is 0.249 e. The van der Waals surface area contributed by atoms with Crippen LogP contribution >= 0.6 is 0 Å². The van der Waals surface area contributed by atoms with Crippen molar-refractivity contribution in [3.05, 3.63) is 58.7 Å². The van der Waals surface area contributed by atoms with Crippen LogP contribution in [0.5, 0.6) is 11.5 Å². The summed E-state index contributed by atoms with van der Waals surface area (Å²) >= 11 is 0. The number of carbonyl (C=O) groups is 1. The Labute approximate surface area is 173 Å². The highest BCUT2D eigenvalue weighted by Gasteiger charge is 2.23. The van der Waals surface area contributed by atoms with Crippen LogP contribution in [0.25, 0.3) is 6.08 Å². The molecular formula is C24H30N2O3. The van der Waals surface area contributed by atoms with E-state index < -0.39 is 0 Å². The van der Waals surface area contributed by atoms with Crippen molar-refractivity contribution in [1.29, 1.82) is 0 Å². The van der Waals surface area contributed by atoms with Gasteiger partial charge in [-0.05, 0) is 61.7 Å². The molecule has 5 heteroatoms. The van der Waals surface area contributed by atoms with Gasteiger partial charge in [-0.3, -0.25) is 4.79 Å². The van der Waals surface area contributed by atoms with Crippen LogP contribution in [0.2, 0.25) is 0 Å². The summed E-state index contributed by atoms with van der Waals surface area (Å²) in [7, 11) is 3.22. The number of amides is 1. The highest BCUT2D eigenvalue weighted by Crippen LogP contribution is 2.29. The second kappa shape index (κ2) is 9.03. The number of benzene rings is 2. The molecule has 0 N–H and O–H groups in total. The molecule has 0 aliphatic carbocycles. The second-order valence-corrected chi connectivity index (χ2v) is 7.44. The number of hydrogen-bond donors (Lipinski definition) is 0. The number of ether oxygens (including phenoxy) is 2. The molecule has 0 unspecified atom stereocenters. The minimum Gasteiger partial charge on any atom is -0.493 e. The van der Waals surface area contributed by atoms with Crippen LogP contribution in [0.1, 0.15) is 23.6 Å². The maximum Gasteiger partial charge on any atom is 0.249 e. The van der Waals surface area contributed by atoms with Crippen LogP contribution in [0, 0.1) is 13.8 Å². The molecular weight excluding hydrogens is 364 g/mol. The molecule has 0 bridgehead atoms. The van der Waals surface area contributed by atoms with Crippen molar-refractivity contribution in [3.8, 4) is 11.5 Å². The van der Waals surface area contributed by atoms with E-state index in [9.17, 15) is 4.79 Å². The van der Waals surface area contributed by atoms with E-state index in [1.54, 1.807) is 14.2 Å². The fraction of sp³-hybridized carbons (Fsp3) is 0.375. The Hall–Kier alpha value is -2.95. The number of methoxy groups -OCH3 is 2. The van der Waals surface area contributed by atoms with Crippen LogP contribution in [-0.2, 0) is 4.79 Å². The number of rotatable bonds is 5. The van der Waals surface area contributed by atoms with Gasteiger partial charge in [0.2, 0.25) is 5.91 Å². The summed E-state index contributed by atoms with van der Waals surface area (Å²) < 4.78 is 10.6. The molecule has 154 valence electrons. The molecule has 1 saturated heterocycles. The molecule has 0 radical (unpaired) electrons. The predicted molar refractivity (Wildman–Crippen MR) is 118 cm³/mol. The third kappa shape index (κ3) is 4.56. The summed E-state index contributed by atoms with van der Waals surface area (Å²) in [4.78, 5) is 17.2. The quantitative estimate of drug-likeness (QED) is 0.717. The Balaban J connectivity index is 1.67. The number of anilines is 1. The third-order valence-electron chi connectivity index (χ3n) is 5.61. The number of piperazine rings is 1. The standard InChI is InChI=1S/C24H30N2O3/c1-17-7-6-8-21(19(17)3)25-11-13-26(14-12-25)24(27)18(2)15-20-9-10-22(28-4)23(16-20)29-5/h6-10,15-16H,11-14H2,1-5H3/b18-15+. The molecule has 0 atom stereocenters. The fourth-order valence-corrected chi connectivity index (χ4v) is 3.73. The maximum absolute atomic E-state index is 12.9. The van der Waals surface area contributed by atoms with Gasteiger partial charge in [0.15, 0.2) is 11.5 Å². The first kappa shape index (κ1) is 20.8. The molecule has 1 fully saturated rings. The van der Waals surface area contributed by atoms with Gasteiger partial charge in [0.25, 0.3) is 0 Å². The summed E-state index contributed by atoms with van der Waals surface area (Å²) in [6.07, 6.45) is 1.90. The molecule has 29 heavy (non-hydrogen) atoms. The number of carbonyl (C=O) groups excluding carboxylic acids is 1. The van der Waals surface area contributed by atoms with Crippen LogP contribution in [0.3, 0.4) is 0 Å². The summed E-state index contributed by atoms with van der Waals surface area (Å²) in [5, 5.41) is 0. The van der Waals surface area contributed by atoms with E-state index in [0.29, 0.717) is 11.5 Å².